The van der Waals surface area contributed by atoms with Crippen molar-refractivity contribution in [1.29, 1.82) is 0 Å². The number of halogens is 1. The van der Waals surface area contributed by atoms with Crippen LogP contribution in [0.1, 0.15) is 43.4 Å². The van der Waals surface area contributed by atoms with Gasteiger partial charge in [0.05, 0.1) is 5.41 Å². The second-order valence-corrected chi connectivity index (χ2v) is 6.51. The number of hydrogen-bond acceptors (Lipinski definition) is 2. The number of aliphatic carboxylic acids is 1. The first-order valence-electron chi connectivity index (χ1n) is 6.76. The van der Waals surface area contributed by atoms with Crippen molar-refractivity contribution in [1.82, 2.24) is 5.32 Å². The lowest BCUT2D eigenvalue weighted by Gasteiger charge is -2.43. The Morgan fingerprint density at radius 3 is 2.89 bits per heavy atom. The summed E-state index contributed by atoms with van der Waals surface area (Å²) in [5.41, 5.74) is 2.12. The molecule has 102 valence electrons. The predicted molar refractivity (Wildman–Crippen MR) is 74.4 cm³/mol. The van der Waals surface area contributed by atoms with Crippen LogP contribution < -0.4 is 5.32 Å². The molecule has 19 heavy (non-hydrogen) atoms. The number of nitrogens with one attached hydrogen (secondary N) is 1. The van der Waals surface area contributed by atoms with Crippen molar-refractivity contribution in [2.24, 2.45) is 5.41 Å². The van der Waals surface area contributed by atoms with Gasteiger partial charge in [0.2, 0.25) is 0 Å². The molecule has 0 amide bonds. The fourth-order valence-corrected chi connectivity index (χ4v) is 3.56. The zero-order valence-corrected chi connectivity index (χ0v) is 11.7. The van der Waals surface area contributed by atoms with Gasteiger partial charge in [-0.25, -0.2) is 0 Å². The monoisotopic (exact) mass is 279 g/mol. The van der Waals surface area contributed by atoms with E-state index >= 15 is 0 Å². The van der Waals surface area contributed by atoms with Crippen molar-refractivity contribution in [2.45, 2.75) is 44.7 Å². The molecule has 1 saturated carbocycles. The van der Waals surface area contributed by atoms with E-state index in [4.69, 9.17) is 16.7 Å². The average molecular weight is 280 g/mol. The zero-order valence-electron chi connectivity index (χ0n) is 10.9. The lowest BCUT2D eigenvalue weighted by molar-refractivity contribution is -0.154. The first-order chi connectivity index (χ1) is 8.98. The average Bonchev–Trinajstić information content (AvgIpc) is 2.69. The standard InChI is InChI=1S/C15H18ClNO2/c1-15(14(18)19)7-11(8-15)17-13-5-2-9-6-10(16)3-4-12(9)13/h3-4,6,11,13,17H,2,5,7-8H2,1H3,(H,18,19)/t11?,13-,15?/m0/s1. The SMILES string of the molecule is CC1(C(=O)O)CC(N[C@H]2CCc3cc(Cl)ccc32)C1. The van der Waals surface area contributed by atoms with Gasteiger partial charge in [-0.3, -0.25) is 4.79 Å². The van der Waals surface area contributed by atoms with Gasteiger partial charge in [0.25, 0.3) is 0 Å². The molecule has 2 N–H and O–H groups in total. The number of rotatable bonds is 3. The van der Waals surface area contributed by atoms with E-state index in [9.17, 15) is 4.79 Å². The zero-order chi connectivity index (χ0) is 13.6. The minimum absolute atomic E-state index is 0.327. The number of carbonyl (C=O) groups is 1. The highest BCUT2D eigenvalue weighted by Gasteiger charge is 2.47. The Bertz CT molecular complexity index is 523. The molecule has 0 radical (unpaired) electrons. The Morgan fingerprint density at radius 2 is 2.21 bits per heavy atom. The van der Waals surface area contributed by atoms with Crippen LogP contribution in [0.3, 0.4) is 0 Å². The molecule has 4 heteroatoms. The molecule has 3 rings (SSSR count). The Kier molecular flexibility index (Phi) is 3.06. The molecule has 1 atom stereocenters. The quantitative estimate of drug-likeness (QED) is 0.893. The van der Waals surface area contributed by atoms with Gasteiger partial charge >= 0.3 is 5.97 Å². The highest BCUT2D eigenvalue weighted by molar-refractivity contribution is 6.30. The molecule has 0 saturated heterocycles. The number of benzene rings is 1. The van der Waals surface area contributed by atoms with E-state index in [0.29, 0.717) is 12.1 Å². The molecule has 0 aliphatic heterocycles. The number of carboxylic acid groups (broad SMARTS) is 1. The third-order valence-electron chi connectivity index (χ3n) is 4.53. The molecule has 1 aromatic rings. The molecule has 0 spiro atoms. The second kappa shape index (κ2) is 4.50. The number of hydrogen-bond donors (Lipinski definition) is 2. The molecular weight excluding hydrogens is 262 g/mol. The molecule has 1 fully saturated rings. The topological polar surface area (TPSA) is 49.3 Å². The van der Waals surface area contributed by atoms with Gasteiger partial charge in [-0.15, -0.1) is 0 Å². The van der Waals surface area contributed by atoms with E-state index in [2.05, 4.69) is 11.4 Å². The van der Waals surface area contributed by atoms with Crippen LogP contribution >= 0.6 is 11.6 Å². The highest BCUT2D eigenvalue weighted by atomic mass is 35.5. The van der Waals surface area contributed by atoms with Gasteiger partial charge in [-0.1, -0.05) is 17.7 Å². The number of aryl methyl sites for hydroxylation is 1. The van der Waals surface area contributed by atoms with Crippen LogP contribution in [0.5, 0.6) is 0 Å². The van der Waals surface area contributed by atoms with Gasteiger partial charge in [-0.05, 0) is 55.9 Å². The number of carboxylic acids is 1. The van der Waals surface area contributed by atoms with Crippen LogP contribution in [-0.4, -0.2) is 17.1 Å². The second-order valence-electron chi connectivity index (χ2n) is 6.07. The summed E-state index contributed by atoms with van der Waals surface area (Å²) in [6, 6.07) is 6.75. The van der Waals surface area contributed by atoms with Crippen molar-refractivity contribution >= 4 is 17.6 Å². The lowest BCUT2D eigenvalue weighted by atomic mass is 9.66. The van der Waals surface area contributed by atoms with Crippen LogP contribution in [0.2, 0.25) is 5.02 Å². The first-order valence-corrected chi connectivity index (χ1v) is 7.13. The van der Waals surface area contributed by atoms with Gasteiger partial charge < -0.3 is 10.4 Å². The normalized spacial score (nSPS) is 32.7. The molecule has 2 aliphatic rings. The fourth-order valence-electron chi connectivity index (χ4n) is 3.36. The van der Waals surface area contributed by atoms with Gasteiger partial charge in [0.15, 0.2) is 0 Å². The van der Waals surface area contributed by atoms with E-state index in [1.54, 1.807) is 0 Å². The first kappa shape index (κ1) is 12.9. The van der Waals surface area contributed by atoms with Crippen LogP contribution in [0, 0.1) is 5.41 Å². The summed E-state index contributed by atoms with van der Waals surface area (Å²) < 4.78 is 0. The van der Waals surface area contributed by atoms with E-state index in [0.717, 1.165) is 30.7 Å². The Morgan fingerprint density at radius 1 is 1.47 bits per heavy atom. The summed E-state index contributed by atoms with van der Waals surface area (Å²) in [6.07, 6.45) is 3.58. The van der Waals surface area contributed by atoms with Crippen LogP contribution in [0.15, 0.2) is 18.2 Å². The summed E-state index contributed by atoms with van der Waals surface area (Å²) in [7, 11) is 0. The van der Waals surface area contributed by atoms with E-state index in [1.807, 2.05) is 19.1 Å². The molecular formula is C15H18ClNO2. The summed E-state index contributed by atoms with van der Waals surface area (Å²) >= 11 is 6.00. The molecule has 2 aliphatic carbocycles. The maximum atomic E-state index is 11.1. The maximum Gasteiger partial charge on any atom is 0.309 e. The molecule has 0 heterocycles. The summed E-state index contributed by atoms with van der Waals surface area (Å²) in [6.45, 7) is 1.83. The van der Waals surface area contributed by atoms with Gasteiger partial charge in [0, 0.05) is 17.1 Å². The van der Waals surface area contributed by atoms with Gasteiger partial charge in [0.1, 0.15) is 0 Å². The van der Waals surface area contributed by atoms with Crippen LogP contribution in [-0.2, 0) is 11.2 Å². The maximum absolute atomic E-state index is 11.1. The predicted octanol–water partition coefficient (Wildman–Crippen LogP) is 3.17. The van der Waals surface area contributed by atoms with Gasteiger partial charge in [-0.2, -0.15) is 0 Å². The van der Waals surface area contributed by atoms with Crippen molar-refractivity contribution in [3.8, 4) is 0 Å². The van der Waals surface area contributed by atoms with E-state index in [-0.39, 0.29) is 0 Å². The Labute approximate surface area is 118 Å². The summed E-state index contributed by atoms with van der Waals surface area (Å²) in [4.78, 5) is 11.1. The van der Waals surface area contributed by atoms with E-state index in [1.165, 1.54) is 11.1 Å². The molecule has 0 bridgehead atoms. The van der Waals surface area contributed by atoms with E-state index < -0.39 is 11.4 Å². The molecule has 0 aromatic heterocycles. The summed E-state index contributed by atoms with van der Waals surface area (Å²) in [5.74, 6) is -0.677. The van der Waals surface area contributed by atoms with Crippen LogP contribution in [0.25, 0.3) is 0 Å². The Balaban J connectivity index is 1.64. The smallest absolute Gasteiger partial charge is 0.309 e. The molecule has 1 aromatic carbocycles. The third kappa shape index (κ3) is 2.26. The fraction of sp³-hybridized carbons (Fsp3) is 0.533. The van der Waals surface area contributed by atoms with Crippen molar-refractivity contribution < 1.29 is 9.90 Å². The third-order valence-corrected chi connectivity index (χ3v) is 4.76. The van der Waals surface area contributed by atoms with Crippen molar-refractivity contribution in [3.63, 3.8) is 0 Å². The minimum Gasteiger partial charge on any atom is -0.481 e. The largest absolute Gasteiger partial charge is 0.481 e. The minimum atomic E-state index is -0.677. The Hall–Kier alpha value is -1.06. The molecule has 0 unspecified atom stereocenters. The van der Waals surface area contributed by atoms with Crippen molar-refractivity contribution in [3.05, 3.63) is 34.3 Å². The highest BCUT2D eigenvalue weighted by Crippen LogP contribution is 2.43. The van der Waals surface area contributed by atoms with Crippen molar-refractivity contribution in [2.75, 3.05) is 0 Å². The number of fused-ring (bicyclic) bond motifs is 1. The molecule has 3 nitrogen and oxygen atoms in total. The summed E-state index contributed by atoms with van der Waals surface area (Å²) in [5, 5.41) is 13.5. The van der Waals surface area contributed by atoms with Crippen LogP contribution in [0.4, 0.5) is 0 Å². The lowest BCUT2D eigenvalue weighted by Crippen LogP contribution is -2.51.